The Morgan fingerprint density at radius 1 is 0.837 bits per heavy atom. The number of amides is 2. The molecule has 0 bridgehead atoms. The fraction of sp³-hybridized carbons (Fsp3) is 0.114. The molecule has 0 spiro atoms. The number of anilines is 2. The third-order valence-corrected chi connectivity index (χ3v) is 8.84. The van der Waals surface area contributed by atoms with Crippen LogP contribution < -0.4 is 10.6 Å². The first-order valence-corrected chi connectivity index (χ1v) is 15.4. The van der Waals surface area contributed by atoms with E-state index in [0.717, 1.165) is 27.1 Å². The Morgan fingerprint density at radius 3 is 2.23 bits per heavy atom. The van der Waals surface area contributed by atoms with E-state index in [0.29, 0.717) is 21.8 Å². The Balaban J connectivity index is 1.38. The van der Waals surface area contributed by atoms with Gasteiger partial charge in [-0.2, -0.15) is 0 Å². The predicted molar refractivity (Wildman–Crippen MR) is 175 cm³/mol. The van der Waals surface area contributed by atoms with E-state index < -0.39 is 11.2 Å². The maximum Gasteiger partial charge on any atom is 0.341 e. The van der Waals surface area contributed by atoms with Gasteiger partial charge in [0, 0.05) is 21.5 Å². The first-order chi connectivity index (χ1) is 20.9. The van der Waals surface area contributed by atoms with Crippen molar-refractivity contribution in [2.45, 2.75) is 23.5 Å². The number of carbonyl (C=O) groups is 3. The predicted octanol–water partition coefficient (Wildman–Crippen LogP) is 8.16. The highest BCUT2D eigenvalue weighted by molar-refractivity contribution is 8.00. The molecule has 6 nitrogen and oxygen atoms in total. The highest BCUT2D eigenvalue weighted by Gasteiger charge is 2.27. The smallest absolute Gasteiger partial charge is 0.341 e. The standard InChI is InChI=1S/C35H30N2O4S2/c1-23-16-18-25(19-17-23)29-22-42-34(31(29)35(40)41-2)37-33(39)32(26-12-7-4-8-13-26)43-28-15-9-14-27(21-28)36-30(38)20-24-10-5-3-6-11-24/h3-19,21-22,32H,20H2,1-2H3,(H,36,38)(H,37,39). The summed E-state index contributed by atoms with van der Waals surface area (Å²) in [5.74, 6) is -0.921. The molecule has 5 aromatic rings. The lowest BCUT2D eigenvalue weighted by Gasteiger charge is -2.18. The molecule has 2 N–H and O–H groups in total. The second-order valence-electron chi connectivity index (χ2n) is 9.85. The summed E-state index contributed by atoms with van der Waals surface area (Å²) in [6, 6.07) is 34.3. The monoisotopic (exact) mass is 606 g/mol. The second kappa shape index (κ2) is 14.0. The fourth-order valence-electron chi connectivity index (χ4n) is 4.55. The lowest BCUT2D eigenvalue weighted by atomic mass is 10.0. The van der Waals surface area contributed by atoms with E-state index in [2.05, 4.69) is 10.6 Å². The van der Waals surface area contributed by atoms with Gasteiger partial charge >= 0.3 is 5.97 Å². The number of ether oxygens (including phenoxy) is 1. The zero-order valence-electron chi connectivity index (χ0n) is 23.7. The summed E-state index contributed by atoms with van der Waals surface area (Å²) in [5.41, 5.74) is 5.37. The molecule has 43 heavy (non-hydrogen) atoms. The van der Waals surface area contributed by atoms with E-state index in [1.54, 1.807) is 0 Å². The maximum absolute atomic E-state index is 13.9. The molecule has 1 unspecified atom stereocenters. The molecule has 0 radical (unpaired) electrons. The van der Waals surface area contributed by atoms with Gasteiger partial charge in [0.05, 0.1) is 13.5 Å². The molecular weight excluding hydrogens is 577 g/mol. The van der Waals surface area contributed by atoms with E-state index in [1.807, 2.05) is 121 Å². The Labute approximate surface area is 259 Å². The van der Waals surface area contributed by atoms with Crippen LogP contribution in [0.4, 0.5) is 10.7 Å². The molecule has 0 aliphatic carbocycles. The van der Waals surface area contributed by atoms with Gasteiger partial charge in [-0.05, 0) is 41.8 Å². The van der Waals surface area contributed by atoms with Crippen LogP contribution in [0, 0.1) is 6.92 Å². The number of methoxy groups -OCH3 is 1. The molecule has 0 aliphatic heterocycles. The molecule has 8 heteroatoms. The van der Waals surface area contributed by atoms with E-state index in [4.69, 9.17) is 4.74 Å². The van der Waals surface area contributed by atoms with Gasteiger partial charge in [0.2, 0.25) is 11.8 Å². The Morgan fingerprint density at radius 2 is 1.53 bits per heavy atom. The third kappa shape index (κ3) is 7.60. The number of carbonyl (C=O) groups excluding carboxylic acids is 3. The zero-order chi connectivity index (χ0) is 30.2. The van der Waals surface area contributed by atoms with Gasteiger partial charge in [0.25, 0.3) is 0 Å². The number of thioether (sulfide) groups is 1. The van der Waals surface area contributed by atoms with Crippen molar-refractivity contribution in [3.8, 4) is 11.1 Å². The molecule has 2 amide bonds. The van der Waals surface area contributed by atoms with Crippen molar-refractivity contribution in [3.63, 3.8) is 0 Å². The second-order valence-corrected chi connectivity index (χ2v) is 11.9. The van der Waals surface area contributed by atoms with E-state index in [1.165, 1.54) is 30.2 Å². The molecule has 1 atom stereocenters. The summed E-state index contributed by atoms with van der Waals surface area (Å²) < 4.78 is 5.10. The van der Waals surface area contributed by atoms with Crippen molar-refractivity contribution >= 4 is 51.6 Å². The molecule has 1 heterocycles. The van der Waals surface area contributed by atoms with Crippen molar-refractivity contribution in [3.05, 3.63) is 137 Å². The first-order valence-electron chi connectivity index (χ1n) is 13.6. The number of rotatable bonds is 10. The van der Waals surface area contributed by atoms with Crippen molar-refractivity contribution in [2.75, 3.05) is 17.7 Å². The summed E-state index contributed by atoms with van der Waals surface area (Å²) in [6.45, 7) is 2.00. The van der Waals surface area contributed by atoms with Gasteiger partial charge in [0.15, 0.2) is 0 Å². The third-order valence-electron chi connectivity index (χ3n) is 6.70. The number of esters is 1. The molecule has 5 rings (SSSR count). The molecule has 1 aromatic heterocycles. The van der Waals surface area contributed by atoms with E-state index in [9.17, 15) is 14.4 Å². The zero-order valence-corrected chi connectivity index (χ0v) is 25.3. The van der Waals surface area contributed by atoms with Crippen LogP contribution in [0.1, 0.15) is 32.3 Å². The van der Waals surface area contributed by atoms with Crippen LogP contribution in [-0.4, -0.2) is 24.9 Å². The lowest BCUT2D eigenvalue weighted by Crippen LogP contribution is -2.20. The number of thiophene rings is 1. The summed E-state index contributed by atoms with van der Waals surface area (Å²) in [5, 5.41) is 7.62. The normalized spacial score (nSPS) is 11.4. The van der Waals surface area contributed by atoms with Gasteiger partial charge in [-0.15, -0.1) is 23.1 Å². The summed E-state index contributed by atoms with van der Waals surface area (Å²) in [6.07, 6.45) is 0.265. The van der Waals surface area contributed by atoms with Crippen LogP contribution in [0.15, 0.2) is 119 Å². The van der Waals surface area contributed by atoms with Crippen molar-refractivity contribution in [1.82, 2.24) is 0 Å². The number of benzene rings is 4. The summed E-state index contributed by atoms with van der Waals surface area (Å²) in [4.78, 5) is 40.3. The number of hydrogen-bond donors (Lipinski definition) is 2. The Hall–Kier alpha value is -4.66. The minimum absolute atomic E-state index is 0.122. The average Bonchev–Trinajstić information content (AvgIpc) is 3.44. The lowest BCUT2D eigenvalue weighted by molar-refractivity contribution is -0.116. The van der Waals surface area contributed by atoms with E-state index in [-0.39, 0.29) is 18.2 Å². The van der Waals surface area contributed by atoms with Crippen molar-refractivity contribution in [1.29, 1.82) is 0 Å². The minimum Gasteiger partial charge on any atom is -0.465 e. The van der Waals surface area contributed by atoms with Gasteiger partial charge in [-0.3, -0.25) is 9.59 Å². The number of nitrogens with one attached hydrogen (secondary N) is 2. The molecule has 0 fully saturated rings. The summed E-state index contributed by atoms with van der Waals surface area (Å²) >= 11 is 2.65. The number of hydrogen-bond acceptors (Lipinski definition) is 6. The minimum atomic E-state index is -0.633. The molecule has 4 aromatic carbocycles. The first kappa shape index (κ1) is 29.8. The van der Waals surface area contributed by atoms with Crippen molar-refractivity contribution < 1.29 is 19.1 Å². The van der Waals surface area contributed by atoms with Crippen LogP contribution in [-0.2, 0) is 20.7 Å². The quantitative estimate of drug-likeness (QED) is 0.124. The van der Waals surface area contributed by atoms with Gasteiger partial charge in [-0.25, -0.2) is 4.79 Å². The van der Waals surface area contributed by atoms with Crippen LogP contribution in [0.5, 0.6) is 0 Å². The molecular formula is C35H30N2O4S2. The van der Waals surface area contributed by atoms with Gasteiger partial charge < -0.3 is 15.4 Å². The Kier molecular flexibility index (Phi) is 9.71. The molecule has 0 saturated carbocycles. The summed E-state index contributed by atoms with van der Waals surface area (Å²) in [7, 11) is 1.33. The Bertz CT molecular complexity index is 1720. The highest BCUT2D eigenvalue weighted by Crippen LogP contribution is 2.40. The van der Waals surface area contributed by atoms with E-state index >= 15 is 0 Å². The SMILES string of the molecule is COC(=O)c1c(-c2ccc(C)cc2)csc1NC(=O)C(Sc1cccc(NC(=O)Cc2ccccc2)c1)c1ccccc1. The van der Waals surface area contributed by atoms with Gasteiger partial charge in [-0.1, -0.05) is 96.6 Å². The van der Waals surface area contributed by atoms with Crippen LogP contribution in [0.3, 0.4) is 0 Å². The van der Waals surface area contributed by atoms with Gasteiger partial charge in [0.1, 0.15) is 15.8 Å². The van der Waals surface area contributed by atoms with Crippen LogP contribution >= 0.6 is 23.1 Å². The van der Waals surface area contributed by atoms with Crippen molar-refractivity contribution in [2.24, 2.45) is 0 Å². The average molecular weight is 607 g/mol. The largest absolute Gasteiger partial charge is 0.465 e. The van der Waals surface area contributed by atoms with Crippen LogP contribution in [0.25, 0.3) is 11.1 Å². The molecule has 216 valence electrons. The molecule has 0 saturated heterocycles. The fourth-order valence-corrected chi connectivity index (χ4v) is 6.59. The number of aryl methyl sites for hydroxylation is 1. The highest BCUT2D eigenvalue weighted by atomic mass is 32.2. The maximum atomic E-state index is 13.9. The molecule has 0 aliphatic rings. The topological polar surface area (TPSA) is 84.5 Å². The van der Waals surface area contributed by atoms with Crippen LogP contribution in [0.2, 0.25) is 0 Å².